The zero-order chi connectivity index (χ0) is 19.7. The summed E-state index contributed by atoms with van der Waals surface area (Å²) in [5.41, 5.74) is 4.17. The van der Waals surface area contributed by atoms with Crippen molar-refractivity contribution in [2.24, 2.45) is 0 Å². The molecule has 0 amide bonds. The summed E-state index contributed by atoms with van der Waals surface area (Å²) < 4.78 is 17.8. The van der Waals surface area contributed by atoms with E-state index in [1.807, 2.05) is 38.1 Å². The fourth-order valence-electron chi connectivity index (χ4n) is 2.83. The van der Waals surface area contributed by atoms with Crippen molar-refractivity contribution in [1.29, 1.82) is 0 Å². The van der Waals surface area contributed by atoms with Crippen LogP contribution < -0.4 is 9.47 Å². The van der Waals surface area contributed by atoms with E-state index in [0.29, 0.717) is 34.5 Å². The summed E-state index contributed by atoms with van der Waals surface area (Å²) >= 11 is 0. The number of nitrogens with zero attached hydrogens (tertiary/aromatic N) is 5. The predicted molar refractivity (Wildman–Crippen MR) is 103 cm³/mol. The fourth-order valence-corrected chi connectivity index (χ4v) is 2.83. The molecular formula is C20H19N5O3. The van der Waals surface area contributed by atoms with E-state index in [9.17, 15) is 0 Å². The van der Waals surface area contributed by atoms with Crippen LogP contribution in [0.2, 0.25) is 0 Å². The molecule has 0 saturated heterocycles. The molecule has 8 heteroatoms. The number of aromatic nitrogens is 5. The number of rotatable bonds is 5. The summed E-state index contributed by atoms with van der Waals surface area (Å²) in [5.74, 6) is 1.98. The van der Waals surface area contributed by atoms with E-state index in [2.05, 4.69) is 20.5 Å². The predicted octanol–water partition coefficient (Wildman–Crippen LogP) is 3.62. The van der Waals surface area contributed by atoms with Gasteiger partial charge in [-0.15, -0.1) is 5.10 Å². The molecule has 0 aliphatic rings. The Kier molecular flexibility index (Phi) is 4.52. The summed E-state index contributed by atoms with van der Waals surface area (Å²) in [6.45, 7) is 3.96. The maximum absolute atomic E-state index is 5.44. The molecule has 2 aromatic heterocycles. The van der Waals surface area contributed by atoms with Gasteiger partial charge in [-0.2, -0.15) is 4.98 Å². The van der Waals surface area contributed by atoms with E-state index in [-0.39, 0.29) is 0 Å². The molecule has 2 aromatic carbocycles. The molecule has 8 nitrogen and oxygen atoms in total. The molecule has 0 aliphatic heterocycles. The minimum Gasteiger partial charge on any atom is -0.497 e. The van der Waals surface area contributed by atoms with E-state index >= 15 is 0 Å². The number of hydrogen-bond acceptors (Lipinski definition) is 7. The highest BCUT2D eigenvalue weighted by Gasteiger charge is 2.19. The summed E-state index contributed by atoms with van der Waals surface area (Å²) in [6.07, 6.45) is 0. The van der Waals surface area contributed by atoms with Crippen molar-refractivity contribution >= 4 is 0 Å². The van der Waals surface area contributed by atoms with Crippen molar-refractivity contribution in [3.63, 3.8) is 0 Å². The van der Waals surface area contributed by atoms with E-state index in [1.165, 1.54) is 5.56 Å². The van der Waals surface area contributed by atoms with E-state index in [4.69, 9.17) is 14.0 Å². The summed E-state index contributed by atoms with van der Waals surface area (Å²) in [6, 6.07) is 13.4. The molecule has 0 aliphatic carbocycles. The van der Waals surface area contributed by atoms with Gasteiger partial charge in [0.15, 0.2) is 5.69 Å². The second-order valence-corrected chi connectivity index (χ2v) is 6.30. The lowest BCUT2D eigenvalue weighted by Gasteiger charge is -2.05. The fraction of sp³-hybridized carbons (Fsp3) is 0.200. The molecule has 28 heavy (non-hydrogen) atoms. The average Bonchev–Trinajstić information content (AvgIpc) is 3.35. The van der Waals surface area contributed by atoms with Crippen molar-refractivity contribution in [3.05, 3.63) is 53.7 Å². The van der Waals surface area contributed by atoms with Gasteiger partial charge in [0.1, 0.15) is 11.5 Å². The van der Waals surface area contributed by atoms with Crippen LogP contribution in [-0.2, 0) is 0 Å². The first-order chi connectivity index (χ1) is 13.6. The van der Waals surface area contributed by atoms with Gasteiger partial charge in [0.2, 0.25) is 5.82 Å². The first-order valence-electron chi connectivity index (χ1n) is 8.66. The summed E-state index contributed by atoms with van der Waals surface area (Å²) in [7, 11) is 3.18. The zero-order valence-corrected chi connectivity index (χ0v) is 16.0. The SMILES string of the molecule is COc1cc(OC)cc(-c2nc(-c3nnn(-c4ccc(C)cc4)c3C)no2)c1. The van der Waals surface area contributed by atoms with Gasteiger partial charge in [-0.25, -0.2) is 4.68 Å². The Balaban J connectivity index is 1.70. The van der Waals surface area contributed by atoms with Crippen molar-refractivity contribution in [2.75, 3.05) is 14.2 Å². The monoisotopic (exact) mass is 377 g/mol. The molecule has 0 spiro atoms. The van der Waals surface area contributed by atoms with Crippen LogP contribution in [0.5, 0.6) is 11.5 Å². The third kappa shape index (κ3) is 3.20. The Morgan fingerprint density at radius 1 is 0.929 bits per heavy atom. The van der Waals surface area contributed by atoms with Crippen molar-refractivity contribution in [1.82, 2.24) is 25.1 Å². The largest absolute Gasteiger partial charge is 0.497 e. The highest BCUT2D eigenvalue weighted by Crippen LogP contribution is 2.30. The number of aryl methyl sites for hydroxylation is 1. The number of methoxy groups -OCH3 is 2. The van der Waals surface area contributed by atoms with Gasteiger partial charge in [-0.1, -0.05) is 28.1 Å². The van der Waals surface area contributed by atoms with Gasteiger partial charge in [-0.3, -0.25) is 0 Å². The van der Waals surface area contributed by atoms with Crippen molar-refractivity contribution in [3.8, 4) is 40.2 Å². The quantitative estimate of drug-likeness (QED) is 0.525. The van der Waals surface area contributed by atoms with E-state index < -0.39 is 0 Å². The number of hydrogen-bond donors (Lipinski definition) is 0. The molecular weight excluding hydrogens is 358 g/mol. The Morgan fingerprint density at radius 3 is 2.25 bits per heavy atom. The molecule has 0 atom stereocenters. The third-order valence-corrected chi connectivity index (χ3v) is 4.41. The lowest BCUT2D eigenvalue weighted by Crippen LogP contribution is -1.99. The molecule has 4 aromatic rings. The van der Waals surface area contributed by atoms with Gasteiger partial charge in [0, 0.05) is 11.6 Å². The van der Waals surface area contributed by atoms with Crippen LogP contribution in [0.15, 0.2) is 47.0 Å². The summed E-state index contributed by atoms with van der Waals surface area (Å²) in [4.78, 5) is 4.48. The maximum atomic E-state index is 5.44. The van der Waals surface area contributed by atoms with E-state index in [0.717, 1.165) is 11.4 Å². The van der Waals surface area contributed by atoms with Crippen LogP contribution >= 0.6 is 0 Å². The van der Waals surface area contributed by atoms with Crippen LogP contribution in [0, 0.1) is 13.8 Å². The second kappa shape index (κ2) is 7.15. The van der Waals surface area contributed by atoms with E-state index in [1.54, 1.807) is 37.1 Å². The lowest BCUT2D eigenvalue weighted by molar-refractivity contribution is 0.393. The second-order valence-electron chi connectivity index (χ2n) is 6.30. The maximum Gasteiger partial charge on any atom is 0.258 e. The molecule has 142 valence electrons. The molecule has 4 rings (SSSR count). The number of ether oxygens (including phenoxy) is 2. The van der Waals surface area contributed by atoms with Gasteiger partial charge in [0.05, 0.1) is 25.6 Å². The zero-order valence-electron chi connectivity index (χ0n) is 16.0. The first kappa shape index (κ1) is 17.7. The molecule has 0 bridgehead atoms. The van der Waals surface area contributed by atoms with Gasteiger partial charge >= 0.3 is 0 Å². The van der Waals surface area contributed by atoms with Crippen molar-refractivity contribution in [2.45, 2.75) is 13.8 Å². The molecule has 0 N–H and O–H groups in total. The average molecular weight is 377 g/mol. The smallest absolute Gasteiger partial charge is 0.258 e. The highest BCUT2D eigenvalue weighted by atomic mass is 16.5. The normalized spacial score (nSPS) is 10.9. The third-order valence-electron chi connectivity index (χ3n) is 4.41. The van der Waals surface area contributed by atoms with Gasteiger partial charge in [-0.05, 0) is 38.1 Å². The van der Waals surface area contributed by atoms with Crippen LogP contribution in [0.4, 0.5) is 0 Å². The topological polar surface area (TPSA) is 88.1 Å². The number of benzene rings is 2. The Bertz CT molecular complexity index is 1090. The van der Waals surface area contributed by atoms with Gasteiger partial charge < -0.3 is 14.0 Å². The first-order valence-corrected chi connectivity index (χ1v) is 8.66. The van der Waals surface area contributed by atoms with Crippen LogP contribution in [0.25, 0.3) is 28.7 Å². The summed E-state index contributed by atoms with van der Waals surface area (Å²) in [5, 5.41) is 12.5. The Hall–Kier alpha value is -3.68. The molecule has 0 fully saturated rings. The van der Waals surface area contributed by atoms with Gasteiger partial charge in [0.25, 0.3) is 5.89 Å². The lowest BCUT2D eigenvalue weighted by atomic mass is 10.2. The molecule has 0 radical (unpaired) electrons. The highest BCUT2D eigenvalue weighted by molar-refractivity contribution is 5.62. The molecule has 2 heterocycles. The molecule has 0 saturated carbocycles. The van der Waals surface area contributed by atoms with Crippen LogP contribution in [-0.4, -0.2) is 39.4 Å². The Labute approximate surface area is 161 Å². The Morgan fingerprint density at radius 2 is 1.61 bits per heavy atom. The van der Waals surface area contributed by atoms with Crippen LogP contribution in [0.3, 0.4) is 0 Å². The van der Waals surface area contributed by atoms with Crippen molar-refractivity contribution < 1.29 is 14.0 Å². The standard InChI is InChI=1S/C20H19N5O3/c1-12-5-7-15(8-6-12)25-13(2)18(22-24-25)19-21-20(28-23-19)14-9-16(26-3)11-17(10-14)27-4/h5-11H,1-4H3. The molecule has 0 unspecified atom stereocenters. The minimum absolute atomic E-state index is 0.344. The van der Waals surface area contributed by atoms with Crippen LogP contribution in [0.1, 0.15) is 11.3 Å². The minimum atomic E-state index is 0.344.